The van der Waals surface area contributed by atoms with Crippen LogP contribution in [-0.4, -0.2) is 29.5 Å². The number of nitrogens with one attached hydrogen (secondary N) is 1. The molecule has 0 saturated carbocycles. The summed E-state index contributed by atoms with van der Waals surface area (Å²) in [5.74, 6) is -1.63. The first-order valence-corrected chi connectivity index (χ1v) is 8.62. The van der Waals surface area contributed by atoms with Crippen LogP contribution in [0.4, 0.5) is 17.1 Å². The minimum Gasteiger partial charge on any atom is -0.355 e. The average Bonchev–Trinajstić information content (AvgIpc) is 3.00. The summed E-state index contributed by atoms with van der Waals surface area (Å²) in [5, 5.41) is 2.11. The molecule has 142 valence electrons. The van der Waals surface area contributed by atoms with Crippen molar-refractivity contribution >= 4 is 46.2 Å². The van der Waals surface area contributed by atoms with E-state index >= 15 is 0 Å². The fourth-order valence-electron chi connectivity index (χ4n) is 2.93. The van der Waals surface area contributed by atoms with E-state index < -0.39 is 31.1 Å². The Kier molecular flexibility index (Phi) is 3.28. The van der Waals surface area contributed by atoms with Crippen molar-refractivity contribution in [2.75, 3.05) is 16.8 Å². The van der Waals surface area contributed by atoms with Crippen molar-refractivity contribution in [2.24, 2.45) is 0 Å². The van der Waals surface area contributed by atoms with Gasteiger partial charge in [-0.1, -0.05) is 6.07 Å². The second kappa shape index (κ2) is 7.06. The molecular formula is C21H20N4O2S. The normalized spacial score (nSPS) is 19.6. The molecule has 2 aromatic carbocycles. The SMILES string of the molecule is [2H]C([2H])([2H])C1(C([2H])([2H])[2H])C(=O)N(c2ccc([N+]#[C-])c(C)c2)C(=S)N1c1ccc(C(=O)NC)cc1. The van der Waals surface area contributed by atoms with Gasteiger partial charge in [-0.25, -0.2) is 4.85 Å². The zero-order valence-electron chi connectivity index (χ0n) is 21.1. The third-order valence-corrected chi connectivity index (χ3v) is 4.77. The van der Waals surface area contributed by atoms with E-state index in [0.29, 0.717) is 11.3 Å². The molecule has 1 aliphatic rings. The molecule has 2 amide bonds. The molecule has 0 aromatic heterocycles. The Morgan fingerprint density at radius 3 is 2.39 bits per heavy atom. The highest BCUT2D eigenvalue weighted by Crippen LogP contribution is 2.37. The van der Waals surface area contributed by atoms with Gasteiger partial charge in [-0.3, -0.25) is 14.5 Å². The second-order valence-electron chi connectivity index (χ2n) is 6.18. The summed E-state index contributed by atoms with van der Waals surface area (Å²) in [6.45, 7) is 2.20. The minimum atomic E-state index is -3.32. The number of amides is 2. The van der Waals surface area contributed by atoms with Gasteiger partial charge >= 0.3 is 0 Å². The van der Waals surface area contributed by atoms with Gasteiger partial charge < -0.3 is 10.2 Å². The van der Waals surface area contributed by atoms with Crippen molar-refractivity contribution in [2.45, 2.75) is 26.2 Å². The first-order valence-electron chi connectivity index (χ1n) is 11.2. The number of rotatable bonds is 3. The maximum absolute atomic E-state index is 13.8. The summed E-state index contributed by atoms with van der Waals surface area (Å²) in [4.78, 5) is 30.7. The lowest BCUT2D eigenvalue weighted by Crippen LogP contribution is -2.44. The van der Waals surface area contributed by atoms with Crippen molar-refractivity contribution < 1.29 is 17.8 Å². The number of hydrogen-bond acceptors (Lipinski definition) is 3. The molecule has 1 saturated heterocycles. The van der Waals surface area contributed by atoms with Gasteiger partial charge in [0.15, 0.2) is 10.8 Å². The van der Waals surface area contributed by atoms with E-state index in [1.807, 2.05) is 0 Å². The lowest BCUT2D eigenvalue weighted by Gasteiger charge is -2.29. The smallest absolute Gasteiger partial charge is 0.259 e. The standard InChI is InChI=1S/C21H20N4O2S/c1-13-12-16(10-11-17(13)22-4)24-19(27)21(2,3)25(20(24)28)15-8-6-14(7-9-15)18(26)23-5/h6-12H,1-3,5H3,(H,23,26)/i2D3,3D3. The molecule has 6 nitrogen and oxygen atoms in total. The number of aryl methyl sites for hydroxylation is 1. The number of nitrogens with zero attached hydrogens (tertiary/aromatic N) is 3. The Labute approximate surface area is 178 Å². The van der Waals surface area contributed by atoms with Crippen LogP contribution in [0.5, 0.6) is 0 Å². The molecule has 2 aromatic rings. The maximum Gasteiger partial charge on any atom is 0.259 e. The summed E-state index contributed by atoms with van der Waals surface area (Å²) < 4.78 is 48.9. The van der Waals surface area contributed by atoms with Crippen LogP contribution in [0.15, 0.2) is 42.5 Å². The molecule has 0 radical (unpaired) electrons. The van der Waals surface area contributed by atoms with E-state index in [1.54, 1.807) is 6.92 Å². The molecule has 28 heavy (non-hydrogen) atoms. The molecule has 1 heterocycles. The molecule has 0 unspecified atom stereocenters. The van der Waals surface area contributed by atoms with Crippen LogP contribution in [0.25, 0.3) is 4.85 Å². The third-order valence-electron chi connectivity index (χ3n) is 4.40. The van der Waals surface area contributed by atoms with Crippen LogP contribution in [0.2, 0.25) is 0 Å². The predicted octanol–water partition coefficient (Wildman–Crippen LogP) is 3.82. The Balaban J connectivity index is 2.29. The average molecular weight is 399 g/mol. The molecule has 3 rings (SSSR count). The van der Waals surface area contributed by atoms with E-state index in [2.05, 4.69) is 10.2 Å². The van der Waals surface area contributed by atoms with Crippen LogP contribution < -0.4 is 15.1 Å². The number of thiocarbonyl (C=S) groups is 1. The van der Waals surface area contributed by atoms with Gasteiger partial charge in [-0.05, 0) is 74.8 Å². The van der Waals surface area contributed by atoms with Crippen molar-refractivity contribution in [3.05, 3.63) is 65.0 Å². The Morgan fingerprint density at radius 1 is 1.21 bits per heavy atom. The van der Waals surface area contributed by atoms with Crippen molar-refractivity contribution in [1.29, 1.82) is 0 Å². The fourth-order valence-corrected chi connectivity index (χ4v) is 3.36. The summed E-state index contributed by atoms with van der Waals surface area (Å²) in [6, 6.07) is 9.76. The van der Waals surface area contributed by atoms with Gasteiger partial charge in [0.25, 0.3) is 11.8 Å². The second-order valence-corrected chi connectivity index (χ2v) is 6.54. The highest BCUT2D eigenvalue weighted by atomic mass is 32.1. The van der Waals surface area contributed by atoms with E-state index in [-0.39, 0.29) is 22.1 Å². The van der Waals surface area contributed by atoms with Crippen molar-refractivity contribution in [3.8, 4) is 0 Å². The first-order chi connectivity index (χ1) is 15.7. The zero-order chi connectivity index (χ0) is 25.6. The van der Waals surface area contributed by atoms with Crippen LogP contribution >= 0.6 is 12.2 Å². The Bertz CT molecular complexity index is 1200. The molecular weight excluding hydrogens is 372 g/mol. The van der Waals surface area contributed by atoms with Gasteiger partial charge in [-0.2, -0.15) is 0 Å². The number of carbonyl (C=O) groups is 2. The van der Waals surface area contributed by atoms with Crippen LogP contribution in [0.3, 0.4) is 0 Å². The molecule has 0 spiro atoms. The molecule has 1 aliphatic heterocycles. The molecule has 1 fully saturated rings. The molecule has 0 atom stereocenters. The van der Waals surface area contributed by atoms with Gasteiger partial charge in [0.05, 0.1) is 6.57 Å². The van der Waals surface area contributed by atoms with E-state index in [9.17, 15) is 9.59 Å². The summed E-state index contributed by atoms with van der Waals surface area (Å²) in [6.07, 6.45) is 0. The van der Waals surface area contributed by atoms with E-state index in [1.165, 1.54) is 49.5 Å². The molecule has 7 heteroatoms. The third kappa shape index (κ3) is 3.02. The fraction of sp³-hybridized carbons (Fsp3) is 0.238. The summed E-state index contributed by atoms with van der Waals surface area (Å²) in [5.41, 5.74) is -1.78. The van der Waals surface area contributed by atoms with Crippen LogP contribution in [0, 0.1) is 13.5 Å². The highest BCUT2D eigenvalue weighted by molar-refractivity contribution is 7.81. The predicted molar refractivity (Wildman–Crippen MR) is 114 cm³/mol. The topological polar surface area (TPSA) is 57.0 Å². The Morgan fingerprint density at radius 2 is 1.86 bits per heavy atom. The van der Waals surface area contributed by atoms with Crippen LogP contribution in [-0.2, 0) is 4.79 Å². The van der Waals surface area contributed by atoms with Crippen molar-refractivity contribution in [1.82, 2.24) is 5.32 Å². The number of hydrogen-bond donors (Lipinski definition) is 1. The summed E-state index contributed by atoms with van der Waals surface area (Å²) in [7, 11) is 1.44. The quantitative estimate of drug-likeness (QED) is 0.631. The molecule has 0 bridgehead atoms. The van der Waals surface area contributed by atoms with Crippen LogP contribution in [0.1, 0.15) is 37.8 Å². The van der Waals surface area contributed by atoms with Gasteiger partial charge in [0.2, 0.25) is 0 Å². The Hall–Kier alpha value is -3.24. The van der Waals surface area contributed by atoms with E-state index in [4.69, 9.17) is 27.0 Å². The number of carbonyl (C=O) groups excluding carboxylic acids is 2. The summed E-state index contributed by atoms with van der Waals surface area (Å²) >= 11 is 5.49. The number of anilines is 2. The molecule has 1 N–H and O–H groups in total. The molecule has 0 aliphatic carbocycles. The largest absolute Gasteiger partial charge is 0.355 e. The maximum atomic E-state index is 13.8. The van der Waals surface area contributed by atoms with E-state index in [0.717, 1.165) is 9.80 Å². The minimum absolute atomic E-state index is 0.0234. The first kappa shape index (κ1) is 13.0. The van der Waals surface area contributed by atoms with Gasteiger partial charge in [-0.15, -0.1) is 0 Å². The lowest BCUT2D eigenvalue weighted by molar-refractivity contribution is -0.120. The zero-order valence-corrected chi connectivity index (χ0v) is 15.9. The number of benzene rings is 2. The monoisotopic (exact) mass is 398 g/mol. The van der Waals surface area contributed by atoms with Crippen molar-refractivity contribution in [3.63, 3.8) is 0 Å². The van der Waals surface area contributed by atoms with Gasteiger partial charge in [0, 0.05) is 32.2 Å². The lowest BCUT2D eigenvalue weighted by atomic mass is 10.0. The van der Waals surface area contributed by atoms with Gasteiger partial charge in [0.1, 0.15) is 5.54 Å². The highest BCUT2D eigenvalue weighted by Gasteiger charge is 2.50.